The van der Waals surface area contributed by atoms with Crippen LogP contribution in [-0.4, -0.2) is 25.2 Å². The Hall–Kier alpha value is -1.84. The molecule has 96 valence electrons. The summed E-state index contributed by atoms with van der Waals surface area (Å²) in [6.45, 7) is 3.94. The molecule has 18 heavy (non-hydrogen) atoms. The summed E-state index contributed by atoms with van der Waals surface area (Å²) in [5.41, 5.74) is 0.306. The lowest BCUT2D eigenvalue weighted by molar-refractivity contribution is -0.168. The van der Waals surface area contributed by atoms with E-state index in [4.69, 9.17) is 9.47 Å². The van der Waals surface area contributed by atoms with Crippen molar-refractivity contribution >= 4 is 11.9 Å². The van der Waals surface area contributed by atoms with Crippen LogP contribution in [0.2, 0.25) is 0 Å². The molecule has 2 aliphatic rings. The van der Waals surface area contributed by atoms with Crippen LogP contribution >= 0.6 is 0 Å². The predicted octanol–water partition coefficient (Wildman–Crippen LogP) is 1.93. The zero-order valence-electron chi connectivity index (χ0n) is 10.6. The van der Waals surface area contributed by atoms with E-state index in [1.54, 1.807) is 19.9 Å². The van der Waals surface area contributed by atoms with Gasteiger partial charge in [0, 0.05) is 0 Å². The molecule has 0 unspecified atom stereocenters. The number of carbonyl (C=O) groups excluding carboxylic acids is 2. The van der Waals surface area contributed by atoms with Gasteiger partial charge in [-0.1, -0.05) is 24.3 Å². The Morgan fingerprint density at radius 2 is 1.83 bits per heavy atom. The highest BCUT2D eigenvalue weighted by molar-refractivity contribution is 6.06. The molecule has 0 amide bonds. The molecule has 0 aliphatic heterocycles. The number of hydrogen-bond acceptors (Lipinski definition) is 4. The summed E-state index contributed by atoms with van der Waals surface area (Å²) in [6.07, 6.45) is 7.69. The maximum atomic E-state index is 12.2. The van der Waals surface area contributed by atoms with E-state index in [1.807, 2.05) is 18.2 Å². The van der Waals surface area contributed by atoms with Crippen molar-refractivity contribution in [3.8, 4) is 0 Å². The van der Waals surface area contributed by atoms with E-state index in [0.717, 1.165) is 5.57 Å². The summed E-state index contributed by atoms with van der Waals surface area (Å²) in [5, 5.41) is 0. The molecule has 0 saturated heterocycles. The molecule has 0 spiro atoms. The summed E-state index contributed by atoms with van der Waals surface area (Å²) in [6, 6.07) is 0. The van der Waals surface area contributed by atoms with E-state index in [1.165, 1.54) is 0 Å². The average Bonchev–Trinajstić information content (AvgIpc) is 2.90. The molecular formula is C14H16O4. The van der Waals surface area contributed by atoms with Crippen LogP contribution in [0.1, 0.15) is 20.3 Å². The Kier molecular flexibility index (Phi) is 3.36. The van der Waals surface area contributed by atoms with Crippen LogP contribution < -0.4 is 0 Å². The number of allylic oxidation sites excluding steroid dienone is 5. The van der Waals surface area contributed by atoms with Gasteiger partial charge in [-0.25, -0.2) is 0 Å². The smallest absolute Gasteiger partial charge is 0.328 e. The second-order valence-electron chi connectivity index (χ2n) is 4.15. The maximum absolute atomic E-state index is 12.2. The maximum Gasteiger partial charge on any atom is 0.328 e. The quantitative estimate of drug-likeness (QED) is 0.563. The van der Waals surface area contributed by atoms with Crippen molar-refractivity contribution in [2.45, 2.75) is 20.3 Å². The lowest BCUT2D eigenvalue weighted by atomic mass is 9.80. The van der Waals surface area contributed by atoms with Gasteiger partial charge in [-0.05, 0) is 31.4 Å². The summed E-state index contributed by atoms with van der Waals surface area (Å²) in [7, 11) is 0. The van der Waals surface area contributed by atoms with E-state index in [-0.39, 0.29) is 13.2 Å². The third-order valence-corrected chi connectivity index (χ3v) is 3.19. The highest BCUT2D eigenvalue weighted by Gasteiger charge is 2.55. The van der Waals surface area contributed by atoms with Crippen molar-refractivity contribution < 1.29 is 19.1 Å². The lowest BCUT2D eigenvalue weighted by Gasteiger charge is -2.26. The first kappa shape index (κ1) is 12.6. The summed E-state index contributed by atoms with van der Waals surface area (Å²) < 4.78 is 10.1. The zero-order chi connectivity index (χ0) is 13.2. The van der Waals surface area contributed by atoms with Crippen molar-refractivity contribution in [3.05, 3.63) is 35.5 Å². The lowest BCUT2D eigenvalue weighted by Crippen LogP contribution is -2.41. The van der Waals surface area contributed by atoms with Crippen LogP contribution in [0.5, 0.6) is 0 Å². The average molecular weight is 248 g/mol. The van der Waals surface area contributed by atoms with E-state index in [9.17, 15) is 9.59 Å². The van der Waals surface area contributed by atoms with E-state index in [2.05, 4.69) is 0 Å². The first-order valence-corrected chi connectivity index (χ1v) is 6.10. The number of ether oxygens (including phenoxy) is 2. The second-order valence-corrected chi connectivity index (χ2v) is 4.15. The molecule has 0 N–H and O–H groups in total. The highest BCUT2D eigenvalue weighted by Crippen LogP contribution is 2.47. The second kappa shape index (κ2) is 4.80. The standard InChI is InChI=1S/C14H16O4/c1-3-17-12(15)14(13(16)18-4-2)9-8-10-6-5-7-11(10)14/h5-8H,3-4,9H2,1-2H3. The third-order valence-electron chi connectivity index (χ3n) is 3.19. The molecule has 0 atom stereocenters. The number of esters is 2. The van der Waals surface area contributed by atoms with Gasteiger partial charge in [0.05, 0.1) is 13.2 Å². The van der Waals surface area contributed by atoms with Gasteiger partial charge in [0.25, 0.3) is 0 Å². The number of hydrogen-bond donors (Lipinski definition) is 0. The molecule has 0 radical (unpaired) electrons. The van der Waals surface area contributed by atoms with Gasteiger partial charge in [0.1, 0.15) is 0 Å². The van der Waals surface area contributed by atoms with Crippen molar-refractivity contribution in [1.82, 2.24) is 0 Å². The summed E-state index contributed by atoms with van der Waals surface area (Å²) in [4.78, 5) is 24.4. The van der Waals surface area contributed by atoms with Gasteiger partial charge in [0.15, 0.2) is 5.41 Å². The third kappa shape index (κ3) is 1.68. The van der Waals surface area contributed by atoms with Crippen molar-refractivity contribution in [2.75, 3.05) is 13.2 Å². The predicted molar refractivity (Wildman–Crippen MR) is 65.6 cm³/mol. The Labute approximate surface area is 106 Å². The molecule has 0 aromatic carbocycles. The van der Waals surface area contributed by atoms with Crippen LogP contribution in [0.15, 0.2) is 35.5 Å². The SMILES string of the molecule is CCOC(=O)C1(C(=O)OCC)CC=C2C=CC=C21. The monoisotopic (exact) mass is 248 g/mol. The van der Waals surface area contributed by atoms with Gasteiger partial charge < -0.3 is 9.47 Å². The zero-order valence-corrected chi connectivity index (χ0v) is 10.6. The Morgan fingerprint density at radius 3 is 2.39 bits per heavy atom. The van der Waals surface area contributed by atoms with Crippen LogP contribution in [0.3, 0.4) is 0 Å². The summed E-state index contributed by atoms with van der Waals surface area (Å²) >= 11 is 0. The molecule has 4 heteroatoms. The van der Waals surface area contributed by atoms with Gasteiger partial charge in [-0.15, -0.1) is 0 Å². The largest absolute Gasteiger partial charge is 0.465 e. The number of fused-ring (bicyclic) bond motifs is 1. The Bertz CT molecular complexity index is 450. The van der Waals surface area contributed by atoms with Crippen molar-refractivity contribution in [2.24, 2.45) is 5.41 Å². The van der Waals surface area contributed by atoms with E-state index in [0.29, 0.717) is 12.0 Å². The van der Waals surface area contributed by atoms with Gasteiger partial charge in [0.2, 0.25) is 0 Å². The molecule has 0 bridgehead atoms. The molecule has 2 rings (SSSR count). The van der Waals surface area contributed by atoms with Gasteiger partial charge >= 0.3 is 11.9 Å². The topological polar surface area (TPSA) is 52.6 Å². The minimum Gasteiger partial charge on any atom is -0.465 e. The number of rotatable bonds is 4. The number of carbonyl (C=O) groups is 2. The fourth-order valence-corrected chi connectivity index (χ4v) is 2.35. The highest BCUT2D eigenvalue weighted by atomic mass is 16.6. The van der Waals surface area contributed by atoms with Crippen LogP contribution in [0.25, 0.3) is 0 Å². The normalized spacial score (nSPS) is 19.0. The van der Waals surface area contributed by atoms with Crippen LogP contribution in [0, 0.1) is 5.41 Å². The minimum atomic E-state index is -1.30. The van der Waals surface area contributed by atoms with E-state index < -0.39 is 17.4 Å². The van der Waals surface area contributed by atoms with Crippen molar-refractivity contribution in [3.63, 3.8) is 0 Å². The molecule has 0 fully saturated rings. The fraction of sp³-hybridized carbons (Fsp3) is 0.429. The first-order chi connectivity index (χ1) is 8.66. The van der Waals surface area contributed by atoms with Gasteiger partial charge in [-0.2, -0.15) is 0 Å². The Balaban J connectivity index is 2.37. The van der Waals surface area contributed by atoms with E-state index >= 15 is 0 Å². The molecule has 0 aromatic heterocycles. The van der Waals surface area contributed by atoms with Crippen LogP contribution in [-0.2, 0) is 19.1 Å². The molecular weight excluding hydrogens is 232 g/mol. The molecule has 4 nitrogen and oxygen atoms in total. The summed E-state index contributed by atoms with van der Waals surface area (Å²) in [5.74, 6) is -1.05. The molecule has 0 heterocycles. The van der Waals surface area contributed by atoms with Gasteiger partial charge in [-0.3, -0.25) is 9.59 Å². The minimum absolute atomic E-state index is 0.246. The molecule has 2 aliphatic carbocycles. The molecule has 0 aromatic rings. The Morgan fingerprint density at radius 1 is 1.22 bits per heavy atom. The van der Waals surface area contributed by atoms with Crippen LogP contribution in [0.4, 0.5) is 0 Å². The first-order valence-electron chi connectivity index (χ1n) is 6.10. The van der Waals surface area contributed by atoms with Crippen molar-refractivity contribution in [1.29, 1.82) is 0 Å². The fourth-order valence-electron chi connectivity index (χ4n) is 2.35. The molecule has 0 saturated carbocycles.